The van der Waals surface area contributed by atoms with Crippen molar-refractivity contribution in [2.45, 2.75) is 20.4 Å². The first kappa shape index (κ1) is 14.7. The Morgan fingerprint density at radius 3 is 2.45 bits per heavy atom. The predicted molar refractivity (Wildman–Crippen MR) is 82.1 cm³/mol. The van der Waals surface area contributed by atoms with Gasteiger partial charge in [0.25, 0.3) is 5.89 Å². The molecule has 0 aliphatic carbocycles. The summed E-state index contributed by atoms with van der Waals surface area (Å²) < 4.78 is 5.44. The van der Waals surface area contributed by atoms with Gasteiger partial charge in [-0.1, -0.05) is 0 Å². The molecule has 1 aliphatic heterocycles. The van der Waals surface area contributed by atoms with Crippen molar-refractivity contribution in [1.82, 2.24) is 10.2 Å². The van der Waals surface area contributed by atoms with Crippen LogP contribution in [0.25, 0.3) is 0 Å². The number of nitrogens with one attached hydrogen (secondary N) is 1. The first-order chi connectivity index (χ1) is 10.6. The number of carbonyl (C=O) groups excluding carboxylic acids is 1. The molecule has 0 amide bonds. The van der Waals surface area contributed by atoms with Gasteiger partial charge < -0.3 is 14.2 Å². The fourth-order valence-electron chi connectivity index (χ4n) is 2.79. The van der Waals surface area contributed by atoms with Crippen molar-refractivity contribution in [2.75, 3.05) is 31.1 Å². The van der Waals surface area contributed by atoms with Gasteiger partial charge in [0, 0.05) is 18.2 Å². The van der Waals surface area contributed by atoms with Crippen LogP contribution in [0.4, 0.5) is 5.69 Å². The second-order valence-corrected chi connectivity index (χ2v) is 5.73. The number of anilines is 1. The fraction of sp³-hybridized carbons (Fsp3) is 0.438. The lowest BCUT2D eigenvalue weighted by Crippen LogP contribution is -3.13. The molecule has 1 aromatic carbocycles. The van der Waals surface area contributed by atoms with Gasteiger partial charge in [0.05, 0.1) is 26.2 Å². The van der Waals surface area contributed by atoms with Gasteiger partial charge in [-0.25, -0.2) is 0 Å². The van der Waals surface area contributed by atoms with E-state index in [4.69, 9.17) is 4.42 Å². The van der Waals surface area contributed by atoms with Crippen LogP contribution in [0.3, 0.4) is 0 Å². The van der Waals surface area contributed by atoms with E-state index in [1.165, 1.54) is 10.6 Å². The van der Waals surface area contributed by atoms with Gasteiger partial charge in [-0.05, 0) is 31.2 Å². The summed E-state index contributed by atoms with van der Waals surface area (Å²) >= 11 is 0. The quantitative estimate of drug-likeness (QED) is 0.833. The van der Waals surface area contributed by atoms with E-state index in [1.807, 2.05) is 31.2 Å². The first-order valence-electron chi connectivity index (χ1n) is 7.60. The van der Waals surface area contributed by atoms with Crippen molar-refractivity contribution < 1.29 is 14.1 Å². The SMILES string of the molecule is CC(=O)c1ccc(N2CC[NH+](Cc3nnc(C)o3)CC2)cc1. The Bertz CT molecular complexity index is 642. The molecule has 1 aromatic heterocycles. The number of benzene rings is 1. The van der Waals surface area contributed by atoms with Crippen molar-refractivity contribution in [3.05, 3.63) is 41.6 Å². The molecule has 1 fully saturated rings. The molecule has 0 unspecified atom stereocenters. The number of Topliss-reactive ketones (excluding diaryl/α,β-unsaturated/α-hetero) is 1. The molecule has 0 radical (unpaired) electrons. The van der Waals surface area contributed by atoms with Gasteiger partial charge in [-0.3, -0.25) is 4.79 Å². The van der Waals surface area contributed by atoms with Crippen LogP contribution in [0.5, 0.6) is 0 Å². The molecule has 3 rings (SSSR count). The molecule has 0 spiro atoms. The summed E-state index contributed by atoms with van der Waals surface area (Å²) in [7, 11) is 0. The zero-order valence-electron chi connectivity index (χ0n) is 13.0. The number of hydrogen-bond acceptors (Lipinski definition) is 5. The van der Waals surface area contributed by atoms with Gasteiger partial charge in [-0.2, -0.15) is 0 Å². The number of nitrogens with zero attached hydrogens (tertiary/aromatic N) is 3. The first-order valence-corrected chi connectivity index (χ1v) is 7.60. The summed E-state index contributed by atoms with van der Waals surface area (Å²) in [6.45, 7) is 8.25. The zero-order valence-corrected chi connectivity index (χ0v) is 13.0. The molecule has 1 N–H and O–H groups in total. The highest BCUT2D eigenvalue weighted by Crippen LogP contribution is 2.15. The largest absolute Gasteiger partial charge is 0.420 e. The highest BCUT2D eigenvalue weighted by molar-refractivity contribution is 5.94. The Labute approximate surface area is 129 Å². The van der Waals surface area contributed by atoms with Gasteiger partial charge in [0.1, 0.15) is 0 Å². The number of aromatic nitrogens is 2. The maximum atomic E-state index is 11.3. The van der Waals surface area contributed by atoms with Crippen LogP contribution in [-0.4, -0.2) is 42.2 Å². The van der Waals surface area contributed by atoms with E-state index < -0.39 is 0 Å². The summed E-state index contributed by atoms with van der Waals surface area (Å²) in [6, 6.07) is 7.86. The number of carbonyl (C=O) groups is 1. The second-order valence-electron chi connectivity index (χ2n) is 5.73. The molecule has 0 atom stereocenters. The summed E-state index contributed by atoms with van der Waals surface area (Å²) in [4.78, 5) is 15.1. The lowest BCUT2D eigenvalue weighted by atomic mass is 10.1. The second kappa shape index (κ2) is 6.27. The minimum atomic E-state index is 0.107. The van der Waals surface area contributed by atoms with Crippen LogP contribution in [-0.2, 0) is 6.54 Å². The van der Waals surface area contributed by atoms with E-state index >= 15 is 0 Å². The van der Waals surface area contributed by atoms with Crippen LogP contribution >= 0.6 is 0 Å². The van der Waals surface area contributed by atoms with Crippen molar-refractivity contribution in [3.63, 3.8) is 0 Å². The van der Waals surface area contributed by atoms with Crippen molar-refractivity contribution in [3.8, 4) is 0 Å². The van der Waals surface area contributed by atoms with Gasteiger partial charge in [0.2, 0.25) is 5.89 Å². The predicted octanol–water partition coefficient (Wildman–Crippen LogP) is 0.486. The highest BCUT2D eigenvalue weighted by atomic mass is 16.4. The molecular formula is C16H21N4O2+. The molecule has 1 saturated heterocycles. The zero-order chi connectivity index (χ0) is 15.5. The summed E-state index contributed by atoms with van der Waals surface area (Å²) in [6.07, 6.45) is 0. The van der Waals surface area contributed by atoms with E-state index in [0.29, 0.717) is 11.8 Å². The Balaban J connectivity index is 1.56. The molecule has 6 heteroatoms. The number of hydrogen-bond donors (Lipinski definition) is 1. The fourth-order valence-corrected chi connectivity index (χ4v) is 2.79. The standard InChI is InChI=1S/C16H20N4O2/c1-12(21)14-3-5-15(6-4-14)20-9-7-19(8-10-20)11-16-18-17-13(2)22-16/h3-6H,7-11H2,1-2H3/p+1. The maximum Gasteiger partial charge on any atom is 0.271 e. The van der Waals surface area contributed by atoms with Gasteiger partial charge >= 0.3 is 0 Å². The molecule has 116 valence electrons. The summed E-state index contributed by atoms with van der Waals surface area (Å²) in [5.74, 6) is 1.45. The molecule has 2 aromatic rings. The average molecular weight is 301 g/mol. The summed E-state index contributed by atoms with van der Waals surface area (Å²) in [5.41, 5.74) is 1.94. The molecule has 1 aliphatic rings. The smallest absolute Gasteiger partial charge is 0.271 e. The number of ketones is 1. The summed E-state index contributed by atoms with van der Waals surface area (Å²) in [5, 5.41) is 7.93. The Morgan fingerprint density at radius 1 is 1.23 bits per heavy atom. The minimum Gasteiger partial charge on any atom is -0.420 e. The molecule has 0 bridgehead atoms. The molecule has 6 nitrogen and oxygen atoms in total. The maximum absolute atomic E-state index is 11.3. The number of quaternary nitrogens is 1. The topological polar surface area (TPSA) is 63.7 Å². The Morgan fingerprint density at radius 2 is 1.91 bits per heavy atom. The molecule has 2 heterocycles. The highest BCUT2D eigenvalue weighted by Gasteiger charge is 2.22. The normalized spacial score (nSPS) is 16.0. The van der Waals surface area contributed by atoms with E-state index in [9.17, 15) is 4.79 Å². The van der Waals surface area contributed by atoms with E-state index in [1.54, 1.807) is 6.92 Å². The van der Waals surface area contributed by atoms with E-state index in [2.05, 4.69) is 15.1 Å². The van der Waals surface area contributed by atoms with Crippen LogP contribution in [0.2, 0.25) is 0 Å². The van der Waals surface area contributed by atoms with E-state index in [0.717, 1.165) is 38.3 Å². The number of rotatable bonds is 4. The monoisotopic (exact) mass is 301 g/mol. The van der Waals surface area contributed by atoms with Gasteiger partial charge in [-0.15, -0.1) is 10.2 Å². The van der Waals surface area contributed by atoms with Crippen molar-refractivity contribution in [2.24, 2.45) is 0 Å². The third-order valence-corrected chi connectivity index (χ3v) is 4.08. The number of piperazine rings is 1. The van der Waals surface area contributed by atoms with Crippen LogP contribution in [0, 0.1) is 6.92 Å². The van der Waals surface area contributed by atoms with Crippen molar-refractivity contribution >= 4 is 11.5 Å². The molecule has 22 heavy (non-hydrogen) atoms. The minimum absolute atomic E-state index is 0.107. The Hall–Kier alpha value is -2.21. The third-order valence-electron chi connectivity index (χ3n) is 4.08. The van der Waals surface area contributed by atoms with Crippen LogP contribution < -0.4 is 9.80 Å². The van der Waals surface area contributed by atoms with Crippen LogP contribution in [0.1, 0.15) is 29.1 Å². The number of aryl methyl sites for hydroxylation is 1. The van der Waals surface area contributed by atoms with Crippen LogP contribution in [0.15, 0.2) is 28.7 Å². The Kier molecular flexibility index (Phi) is 4.20. The lowest BCUT2D eigenvalue weighted by Gasteiger charge is -2.33. The average Bonchev–Trinajstić information content (AvgIpc) is 2.93. The lowest BCUT2D eigenvalue weighted by molar-refractivity contribution is -0.915. The molecular weight excluding hydrogens is 280 g/mol. The van der Waals surface area contributed by atoms with E-state index in [-0.39, 0.29) is 5.78 Å². The third kappa shape index (κ3) is 3.33. The molecule has 0 saturated carbocycles. The van der Waals surface area contributed by atoms with Crippen molar-refractivity contribution in [1.29, 1.82) is 0 Å². The van der Waals surface area contributed by atoms with Gasteiger partial charge in [0.15, 0.2) is 12.3 Å².